The summed E-state index contributed by atoms with van der Waals surface area (Å²) in [5.74, 6) is -0.255. The third-order valence-electron chi connectivity index (χ3n) is 2.82. The number of carbonyl (C=O) groups is 1. The Morgan fingerprint density at radius 1 is 1.38 bits per heavy atom. The van der Waals surface area contributed by atoms with E-state index in [0.717, 1.165) is 0 Å². The molecule has 1 aromatic carbocycles. The van der Waals surface area contributed by atoms with Crippen LogP contribution in [0.4, 0.5) is 0 Å². The lowest BCUT2D eigenvalue weighted by molar-refractivity contribution is -0.155. The van der Waals surface area contributed by atoms with E-state index in [1.54, 1.807) is 12.1 Å². The van der Waals surface area contributed by atoms with Crippen molar-refractivity contribution in [2.45, 2.75) is 51.9 Å². The van der Waals surface area contributed by atoms with Crippen LogP contribution in [-0.2, 0) is 9.53 Å². The monoisotopic (exact) mass is 313 g/mol. The molecule has 21 heavy (non-hydrogen) atoms. The van der Waals surface area contributed by atoms with Crippen LogP contribution in [0.5, 0.6) is 0 Å². The van der Waals surface area contributed by atoms with Gasteiger partial charge in [-0.15, -0.1) is 0 Å². The molecular formula is C16H24ClNO3. The molecule has 0 saturated carbocycles. The zero-order chi connectivity index (χ0) is 16.0. The Hall–Kier alpha value is -1.10. The average molecular weight is 314 g/mol. The number of aliphatic hydroxyl groups is 1. The molecule has 0 aliphatic carbocycles. The molecule has 0 spiro atoms. The molecule has 2 unspecified atom stereocenters. The Morgan fingerprint density at radius 3 is 2.57 bits per heavy atom. The van der Waals surface area contributed by atoms with Gasteiger partial charge in [-0.2, -0.15) is 0 Å². The van der Waals surface area contributed by atoms with E-state index in [1.165, 1.54) is 0 Å². The van der Waals surface area contributed by atoms with Crippen molar-refractivity contribution in [1.29, 1.82) is 0 Å². The summed E-state index contributed by atoms with van der Waals surface area (Å²) in [6.45, 7) is 7.72. The summed E-state index contributed by atoms with van der Waals surface area (Å²) in [4.78, 5) is 11.7. The van der Waals surface area contributed by atoms with Gasteiger partial charge in [-0.25, -0.2) is 0 Å². The van der Waals surface area contributed by atoms with Crippen molar-refractivity contribution >= 4 is 17.6 Å². The van der Waals surface area contributed by atoms with Gasteiger partial charge in [0.1, 0.15) is 5.60 Å². The van der Waals surface area contributed by atoms with Gasteiger partial charge in [-0.1, -0.05) is 29.8 Å². The molecule has 4 nitrogen and oxygen atoms in total. The summed E-state index contributed by atoms with van der Waals surface area (Å²) in [6, 6.07) is 7.08. The van der Waals surface area contributed by atoms with E-state index in [9.17, 15) is 9.90 Å². The number of ether oxygens (including phenoxy) is 1. The molecular weight excluding hydrogens is 290 g/mol. The van der Waals surface area contributed by atoms with Crippen LogP contribution in [0, 0.1) is 0 Å². The summed E-state index contributed by atoms with van der Waals surface area (Å²) < 4.78 is 5.26. The lowest BCUT2D eigenvalue weighted by Gasteiger charge is -2.22. The zero-order valence-corrected chi connectivity index (χ0v) is 13.8. The standard InChI is InChI=1S/C16H24ClNO3/c1-11(9-15(20)21-16(2,3)4)18-10-14(19)12-7-5-6-8-13(12)17/h5-8,11,14,18-19H,9-10H2,1-4H3. The molecule has 2 N–H and O–H groups in total. The molecule has 0 radical (unpaired) electrons. The molecule has 0 saturated heterocycles. The molecule has 5 heteroatoms. The normalized spacial score (nSPS) is 14.6. The fourth-order valence-electron chi connectivity index (χ4n) is 1.87. The first-order chi connectivity index (χ1) is 9.69. The highest BCUT2D eigenvalue weighted by Gasteiger charge is 2.19. The number of rotatable bonds is 6. The molecule has 0 aromatic heterocycles. The summed E-state index contributed by atoms with van der Waals surface area (Å²) >= 11 is 6.03. The van der Waals surface area contributed by atoms with E-state index in [4.69, 9.17) is 16.3 Å². The maximum Gasteiger partial charge on any atom is 0.307 e. The van der Waals surface area contributed by atoms with Crippen LogP contribution in [0.3, 0.4) is 0 Å². The van der Waals surface area contributed by atoms with Gasteiger partial charge >= 0.3 is 5.97 Å². The second-order valence-corrected chi connectivity index (χ2v) is 6.54. The van der Waals surface area contributed by atoms with E-state index in [2.05, 4.69) is 5.32 Å². The topological polar surface area (TPSA) is 58.6 Å². The van der Waals surface area contributed by atoms with E-state index in [0.29, 0.717) is 17.1 Å². The number of hydrogen-bond acceptors (Lipinski definition) is 4. The second kappa shape index (κ2) is 7.78. The van der Waals surface area contributed by atoms with Crippen LogP contribution in [0.25, 0.3) is 0 Å². The predicted molar refractivity (Wildman–Crippen MR) is 84.3 cm³/mol. The Kier molecular flexibility index (Phi) is 6.65. The number of aliphatic hydroxyl groups excluding tert-OH is 1. The van der Waals surface area contributed by atoms with Gasteiger partial charge in [0.15, 0.2) is 0 Å². The van der Waals surface area contributed by atoms with Gasteiger partial charge in [0, 0.05) is 23.2 Å². The molecule has 1 aromatic rings. The largest absolute Gasteiger partial charge is 0.460 e. The van der Waals surface area contributed by atoms with E-state index in [1.807, 2.05) is 39.8 Å². The number of esters is 1. The number of benzene rings is 1. The van der Waals surface area contributed by atoms with Crippen LogP contribution >= 0.6 is 11.6 Å². The van der Waals surface area contributed by atoms with Crippen molar-refractivity contribution in [3.8, 4) is 0 Å². The Bertz CT molecular complexity index is 471. The molecule has 0 bridgehead atoms. The minimum Gasteiger partial charge on any atom is -0.460 e. The van der Waals surface area contributed by atoms with Crippen molar-refractivity contribution in [3.63, 3.8) is 0 Å². The highest BCUT2D eigenvalue weighted by atomic mass is 35.5. The lowest BCUT2D eigenvalue weighted by atomic mass is 10.1. The van der Waals surface area contributed by atoms with E-state index >= 15 is 0 Å². The fraction of sp³-hybridized carbons (Fsp3) is 0.562. The van der Waals surface area contributed by atoms with Crippen molar-refractivity contribution in [3.05, 3.63) is 34.9 Å². The van der Waals surface area contributed by atoms with Crippen LogP contribution in [0.1, 0.15) is 45.8 Å². The van der Waals surface area contributed by atoms with E-state index < -0.39 is 11.7 Å². The summed E-state index contributed by atoms with van der Waals surface area (Å²) in [5, 5.41) is 13.8. The number of nitrogens with one attached hydrogen (secondary N) is 1. The van der Waals surface area contributed by atoms with Crippen molar-refractivity contribution in [2.75, 3.05) is 6.54 Å². The van der Waals surface area contributed by atoms with Gasteiger partial charge in [-0.05, 0) is 33.8 Å². The van der Waals surface area contributed by atoms with Gasteiger partial charge in [0.25, 0.3) is 0 Å². The average Bonchev–Trinajstić information content (AvgIpc) is 2.34. The molecule has 0 amide bonds. The van der Waals surface area contributed by atoms with Gasteiger partial charge < -0.3 is 15.2 Å². The molecule has 0 heterocycles. The molecule has 0 aliphatic rings. The Morgan fingerprint density at radius 2 is 2.00 bits per heavy atom. The first-order valence-electron chi connectivity index (χ1n) is 7.07. The first kappa shape index (κ1) is 18.0. The van der Waals surface area contributed by atoms with Gasteiger partial charge in [0.2, 0.25) is 0 Å². The van der Waals surface area contributed by atoms with Crippen molar-refractivity contribution < 1.29 is 14.6 Å². The molecule has 0 fully saturated rings. The smallest absolute Gasteiger partial charge is 0.307 e. The Labute approximate surface area is 131 Å². The summed E-state index contributed by atoms with van der Waals surface area (Å²) in [5.41, 5.74) is 0.199. The highest BCUT2D eigenvalue weighted by Crippen LogP contribution is 2.22. The number of hydrogen-bond donors (Lipinski definition) is 2. The number of halogens is 1. The van der Waals surface area contributed by atoms with Crippen LogP contribution in [0.2, 0.25) is 5.02 Å². The third kappa shape index (κ3) is 6.93. The van der Waals surface area contributed by atoms with Crippen molar-refractivity contribution in [2.24, 2.45) is 0 Å². The zero-order valence-electron chi connectivity index (χ0n) is 13.0. The summed E-state index contributed by atoms with van der Waals surface area (Å²) in [6.07, 6.45) is -0.452. The fourth-order valence-corrected chi connectivity index (χ4v) is 2.14. The predicted octanol–water partition coefficient (Wildman–Crippen LogP) is 3.08. The van der Waals surface area contributed by atoms with Crippen molar-refractivity contribution in [1.82, 2.24) is 5.32 Å². The van der Waals surface area contributed by atoms with Crippen LogP contribution < -0.4 is 5.32 Å². The maximum atomic E-state index is 11.7. The highest BCUT2D eigenvalue weighted by molar-refractivity contribution is 6.31. The van der Waals surface area contributed by atoms with Crippen LogP contribution in [0.15, 0.2) is 24.3 Å². The SMILES string of the molecule is CC(CC(=O)OC(C)(C)C)NCC(O)c1ccccc1Cl. The Balaban J connectivity index is 2.41. The minimum absolute atomic E-state index is 0.0861. The summed E-state index contributed by atoms with van der Waals surface area (Å²) in [7, 11) is 0. The minimum atomic E-state index is -0.709. The van der Waals surface area contributed by atoms with Gasteiger partial charge in [-0.3, -0.25) is 4.79 Å². The quantitative estimate of drug-likeness (QED) is 0.792. The molecule has 1 rings (SSSR count). The molecule has 0 aliphatic heterocycles. The first-order valence-corrected chi connectivity index (χ1v) is 7.44. The van der Waals surface area contributed by atoms with Gasteiger partial charge in [0.05, 0.1) is 12.5 Å². The third-order valence-corrected chi connectivity index (χ3v) is 3.16. The van der Waals surface area contributed by atoms with E-state index in [-0.39, 0.29) is 18.4 Å². The lowest BCUT2D eigenvalue weighted by Crippen LogP contribution is -2.34. The molecule has 2 atom stereocenters. The molecule has 118 valence electrons. The number of carbonyl (C=O) groups excluding carboxylic acids is 1. The second-order valence-electron chi connectivity index (χ2n) is 6.14. The van der Waals surface area contributed by atoms with Crippen LogP contribution in [-0.4, -0.2) is 29.3 Å². The maximum absolute atomic E-state index is 11.7.